The number of nitrogens with zero attached hydrogens (tertiary/aromatic N) is 2. The van der Waals surface area contributed by atoms with Gasteiger partial charge in [-0.3, -0.25) is 4.72 Å². The van der Waals surface area contributed by atoms with Gasteiger partial charge < -0.3 is 4.40 Å². The Morgan fingerprint density at radius 1 is 1.04 bits per heavy atom. The Balaban J connectivity index is 1.88. The Bertz CT molecular complexity index is 936. The van der Waals surface area contributed by atoms with E-state index >= 15 is 0 Å². The first-order chi connectivity index (χ1) is 10.8. The number of hydrogen-bond donors (Lipinski definition) is 1. The second-order valence-corrected chi connectivity index (χ2v) is 8.17. The first-order valence-electron chi connectivity index (χ1n) is 7.32. The van der Waals surface area contributed by atoms with Crippen molar-refractivity contribution in [1.29, 1.82) is 0 Å². The second kappa shape index (κ2) is 5.38. The molecule has 6 heteroatoms. The summed E-state index contributed by atoms with van der Waals surface area (Å²) in [6.07, 6.45) is 5.13. The lowest BCUT2D eigenvalue weighted by Crippen LogP contribution is -2.15. The molecular weight excluding hydrogens is 310 g/mol. The summed E-state index contributed by atoms with van der Waals surface area (Å²) in [5.74, 6) is 0. The third kappa shape index (κ3) is 3.22. The lowest BCUT2D eigenvalue weighted by atomic mass is 9.87. The summed E-state index contributed by atoms with van der Waals surface area (Å²) in [5, 5.41) is 0. The van der Waals surface area contributed by atoms with Crippen LogP contribution in [0.5, 0.6) is 0 Å². The number of rotatable bonds is 3. The fourth-order valence-corrected chi connectivity index (χ4v) is 3.37. The number of benzene rings is 1. The number of pyridine rings is 1. The van der Waals surface area contributed by atoms with Gasteiger partial charge in [-0.1, -0.05) is 32.9 Å². The summed E-state index contributed by atoms with van der Waals surface area (Å²) in [4.78, 5) is 4.38. The van der Waals surface area contributed by atoms with Gasteiger partial charge >= 0.3 is 0 Å². The number of hydrogen-bond acceptors (Lipinski definition) is 3. The normalized spacial score (nSPS) is 12.5. The molecule has 0 saturated carbocycles. The minimum atomic E-state index is -3.61. The minimum Gasteiger partial charge on any atom is -0.305 e. The Hall–Kier alpha value is -2.34. The van der Waals surface area contributed by atoms with E-state index < -0.39 is 10.0 Å². The summed E-state index contributed by atoms with van der Waals surface area (Å²) in [6, 6.07) is 10.4. The SMILES string of the molecule is CC(C)(C)c1ccc(S(=O)(=O)Nc2ccc3nccn3c2)cc1. The molecule has 3 rings (SSSR count). The number of nitrogens with one attached hydrogen (secondary N) is 1. The fraction of sp³-hybridized carbons (Fsp3) is 0.235. The van der Waals surface area contributed by atoms with Gasteiger partial charge in [0.1, 0.15) is 5.65 Å². The molecule has 1 aromatic carbocycles. The van der Waals surface area contributed by atoms with E-state index in [1.54, 1.807) is 47.3 Å². The predicted molar refractivity (Wildman–Crippen MR) is 91.1 cm³/mol. The van der Waals surface area contributed by atoms with Gasteiger partial charge in [0.15, 0.2) is 0 Å². The largest absolute Gasteiger partial charge is 0.305 e. The number of anilines is 1. The van der Waals surface area contributed by atoms with Gasteiger partial charge in [0.05, 0.1) is 10.6 Å². The predicted octanol–water partition coefficient (Wildman–Crippen LogP) is 3.43. The molecule has 0 aliphatic carbocycles. The average molecular weight is 329 g/mol. The van der Waals surface area contributed by atoms with E-state index in [1.165, 1.54) is 0 Å². The maximum Gasteiger partial charge on any atom is 0.261 e. The standard InChI is InChI=1S/C17H19N3O2S/c1-17(2,3)13-4-7-15(8-5-13)23(21,22)19-14-6-9-16-18-10-11-20(16)12-14/h4-12,19H,1-3H3. The number of imidazole rings is 1. The maximum atomic E-state index is 12.5. The average Bonchev–Trinajstić information content (AvgIpc) is 2.93. The molecule has 0 spiro atoms. The molecule has 2 aromatic heterocycles. The molecular formula is C17H19N3O2S. The minimum absolute atomic E-state index is 0.0117. The molecule has 0 fully saturated rings. The van der Waals surface area contributed by atoms with Crippen LogP contribution in [0.4, 0.5) is 5.69 Å². The molecule has 120 valence electrons. The first-order valence-corrected chi connectivity index (χ1v) is 8.80. The zero-order valence-corrected chi connectivity index (χ0v) is 14.1. The molecule has 1 N–H and O–H groups in total. The zero-order chi connectivity index (χ0) is 16.7. The van der Waals surface area contributed by atoms with Crippen molar-refractivity contribution < 1.29 is 8.42 Å². The third-order valence-corrected chi connectivity index (χ3v) is 5.07. The highest BCUT2D eigenvalue weighted by atomic mass is 32.2. The van der Waals surface area contributed by atoms with E-state index in [4.69, 9.17) is 0 Å². The van der Waals surface area contributed by atoms with Crippen LogP contribution in [0.25, 0.3) is 5.65 Å². The van der Waals surface area contributed by atoms with Crippen LogP contribution in [-0.4, -0.2) is 17.8 Å². The molecule has 2 heterocycles. The summed E-state index contributed by atoms with van der Waals surface area (Å²) in [7, 11) is -3.61. The third-order valence-electron chi connectivity index (χ3n) is 3.67. The quantitative estimate of drug-likeness (QED) is 0.800. The highest BCUT2D eigenvalue weighted by Crippen LogP contribution is 2.24. The van der Waals surface area contributed by atoms with Gasteiger partial charge in [-0.05, 0) is 35.2 Å². The van der Waals surface area contributed by atoms with E-state index in [-0.39, 0.29) is 10.3 Å². The van der Waals surface area contributed by atoms with Crippen molar-refractivity contribution in [2.24, 2.45) is 0 Å². The molecule has 0 aliphatic rings. The van der Waals surface area contributed by atoms with Gasteiger partial charge in [-0.25, -0.2) is 13.4 Å². The van der Waals surface area contributed by atoms with Crippen LogP contribution < -0.4 is 4.72 Å². The Morgan fingerprint density at radius 2 is 1.74 bits per heavy atom. The van der Waals surface area contributed by atoms with Crippen LogP contribution in [0.1, 0.15) is 26.3 Å². The molecule has 0 aliphatic heterocycles. The van der Waals surface area contributed by atoms with Crippen LogP contribution in [0.15, 0.2) is 59.9 Å². The second-order valence-electron chi connectivity index (χ2n) is 6.49. The topological polar surface area (TPSA) is 63.5 Å². The zero-order valence-electron chi connectivity index (χ0n) is 13.3. The number of sulfonamides is 1. The molecule has 5 nitrogen and oxygen atoms in total. The van der Waals surface area contributed by atoms with E-state index in [9.17, 15) is 8.42 Å². The molecule has 23 heavy (non-hydrogen) atoms. The molecule has 0 radical (unpaired) electrons. The van der Waals surface area contributed by atoms with Gasteiger partial charge in [-0.2, -0.15) is 0 Å². The van der Waals surface area contributed by atoms with Crippen molar-refractivity contribution in [1.82, 2.24) is 9.38 Å². The van der Waals surface area contributed by atoms with Crippen molar-refractivity contribution in [3.63, 3.8) is 0 Å². The number of fused-ring (bicyclic) bond motifs is 1. The van der Waals surface area contributed by atoms with E-state index in [2.05, 4.69) is 30.5 Å². The summed E-state index contributed by atoms with van der Waals surface area (Å²) in [6.45, 7) is 6.28. The number of aromatic nitrogens is 2. The monoisotopic (exact) mass is 329 g/mol. The van der Waals surface area contributed by atoms with Crippen molar-refractivity contribution in [2.75, 3.05) is 4.72 Å². The van der Waals surface area contributed by atoms with Gasteiger partial charge in [0, 0.05) is 18.6 Å². The van der Waals surface area contributed by atoms with Crippen LogP contribution in [0.2, 0.25) is 0 Å². The molecule has 3 aromatic rings. The lowest BCUT2D eigenvalue weighted by Gasteiger charge is -2.19. The highest BCUT2D eigenvalue weighted by molar-refractivity contribution is 7.92. The molecule has 0 atom stereocenters. The van der Waals surface area contributed by atoms with Crippen LogP contribution in [0, 0.1) is 0 Å². The Morgan fingerprint density at radius 3 is 2.39 bits per heavy atom. The van der Waals surface area contributed by atoms with Crippen molar-refractivity contribution in [2.45, 2.75) is 31.1 Å². The first kappa shape index (κ1) is 15.6. The molecule has 0 bridgehead atoms. The summed E-state index contributed by atoms with van der Waals surface area (Å²) < 4.78 is 29.4. The fourth-order valence-electron chi connectivity index (χ4n) is 2.33. The van der Waals surface area contributed by atoms with Crippen molar-refractivity contribution >= 4 is 21.4 Å². The van der Waals surface area contributed by atoms with Crippen LogP contribution in [-0.2, 0) is 15.4 Å². The van der Waals surface area contributed by atoms with E-state index in [0.29, 0.717) is 5.69 Å². The highest BCUT2D eigenvalue weighted by Gasteiger charge is 2.17. The van der Waals surface area contributed by atoms with Crippen molar-refractivity contribution in [3.05, 3.63) is 60.6 Å². The van der Waals surface area contributed by atoms with Crippen molar-refractivity contribution in [3.8, 4) is 0 Å². The molecule has 0 unspecified atom stereocenters. The summed E-state index contributed by atoms with van der Waals surface area (Å²) in [5.41, 5.74) is 2.34. The summed E-state index contributed by atoms with van der Waals surface area (Å²) >= 11 is 0. The van der Waals surface area contributed by atoms with Crippen LogP contribution in [0.3, 0.4) is 0 Å². The lowest BCUT2D eigenvalue weighted by molar-refractivity contribution is 0.587. The molecule has 0 saturated heterocycles. The van der Waals surface area contributed by atoms with Crippen LogP contribution >= 0.6 is 0 Å². The Labute approximate surface area is 136 Å². The van der Waals surface area contributed by atoms with Gasteiger partial charge in [-0.15, -0.1) is 0 Å². The van der Waals surface area contributed by atoms with Gasteiger partial charge in [0.2, 0.25) is 0 Å². The Kier molecular flexibility index (Phi) is 3.64. The molecule has 0 amide bonds. The smallest absolute Gasteiger partial charge is 0.261 e. The van der Waals surface area contributed by atoms with E-state index in [1.807, 2.05) is 12.1 Å². The maximum absolute atomic E-state index is 12.5. The van der Waals surface area contributed by atoms with E-state index in [0.717, 1.165) is 11.2 Å². The van der Waals surface area contributed by atoms with Gasteiger partial charge in [0.25, 0.3) is 10.0 Å².